The fraction of sp³-hybridized carbons (Fsp3) is 0.0833. The van der Waals surface area contributed by atoms with Gasteiger partial charge in [-0.1, -0.05) is 18.2 Å². The number of nitrogens with one attached hydrogen (secondary N) is 1. The second-order valence-electron chi connectivity index (χ2n) is 3.70. The first-order chi connectivity index (χ1) is 8.29. The van der Waals surface area contributed by atoms with Gasteiger partial charge in [-0.15, -0.1) is 0 Å². The van der Waals surface area contributed by atoms with Crippen LogP contribution in [0.15, 0.2) is 39.5 Å². The van der Waals surface area contributed by atoms with Crippen LogP contribution < -0.4 is 5.73 Å². The largest absolute Gasteiger partial charge is 0.464 e. The lowest BCUT2D eigenvalue weighted by molar-refractivity contribution is 0.617. The fourth-order valence-electron chi connectivity index (χ4n) is 1.83. The molecule has 3 N–H and O–H groups in total. The van der Waals surface area contributed by atoms with Crippen LogP contribution in [-0.4, -0.2) is 9.97 Å². The Balaban J connectivity index is 2.23. The third-order valence-electron chi connectivity index (χ3n) is 2.64. The zero-order valence-electron chi connectivity index (χ0n) is 8.90. The van der Waals surface area contributed by atoms with Crippen LogP contribution in [0.1, 0.15) is 5.82 Å². The maximum absolute atomic E-state index is 5.56. The Morgan fingerprint density at radius 2 is 2.18 bits per heavy atom. The molecule has 86 valence electrons. The Labute approximate surface area is 106 Å². The van der Waals surface area contributed by atoms with E-state index in [-0.39, 0.29) is 0 Å². The standard InChI is InChI=1S/C12H10BrN3O/c13-12-11(15-10(5-14)16-12)8-6-17-9-4-2-1-3-7(8)9/h1-4,6H,5,14H2,(H,15,16). The van der Waals surface area contributed by atoms with Crippen molar-refractivity contribution in [3.63, 3.8) is 0 Å². The first kappa shape index (κ1) is 10.6. The van der Waals surface area contributed by atoms with Gasteiger partial charge in [0.1, 0.15) is 28.0 Å². The van der Waals surface area contributed by atoms with E-state index in [0.29, 0.717) is 6.54 Å². The van der Waals surface area contributed by atoms with Crippen molar-refractivity contribution in [2.45, 2.75) is 6.54 Å². The summed E-state index contributed by atoms with van der Waals surface area (Å²) in [7, 11) is 0. The number of rotatable bonds is 2. The molecule has 0 aliphatic heterocycles. The summed E-state index contributed by atoms with van der Waals surface area (Å²) in [6.45, 7) is 0.383. The molecular formula is C12H10BrN3O. The molecule has 0 radical (unpaired) electrons. The minimum atomic E-state index is 0.383. The number of fused-ring (bicyclic) bond motifs is 1. The summed E-state index contributed by atoms with van der Waals surface area (Å²) in [6.07, 6.45) is 1.71. The van der Waals surface area contributed by atoms with Gasteiger partial charge >= 0.3 is 0 Å². The Morgan fingerprint density at radius 1 is 1.35 bits per heavy atom. The van der Waals surface area contributed by atoms with E-state index in [0.717, 1.165) is 32.7 Å². The number of imidazole rings is 1. The summed E-state index contributed by atoms with van der Waals surface area (Å²) >= 11 is 3.45. The van der Waals surface area contributed by atoms with Crippen molar-refractivity contribution in [1.82, 2.24) is 9.97 Å². The van der Waals surface area contributed by atoms with E-state index in [1.54, 1.807) is 6.26 Å². The lowest BCUT2D eigenvalue weighted by Gasteiger charge is -1.93. The highest BCUT2D eigenvalue weighted by Gasteiger charge is 2.14. The molecule has 2 aromatic heterocycles. The summed E-state index contributed by atoms with van der Waals surface area (Å²) in [6, 6.07) is 7.87. The molecule has 0 aliphatic carbocycles. The Bertz CT molecular complexity index is 671. The molecular weight excluding hydrogens is 282 g/mol. The highest BCUT2D eigenvalue weighted by Crippen LogP contribution is 2.33. The first-order valence-electron chi connectivity index (χ1n) is 5.20. The fourth-order valence-corrected chi connectivity index (χ4v) is 2.37. The topological polar surface area (TPSA) is 67.8 Å². The van der Waals surface area contributed by atoms with Crippen LogP contribution in [0.2, 0.25) is 0 Å². The molecule has 0 saturated heterocycles. The highest BCUT2D eigenvalue weighted by molar-refractivity contribution is 9.10. The normalized spacial score (nSPS) is 11.2. The molecule has 0 spiro atoms. The average molecular weight is 292 g/mol. The maximum atomic E-state index is 5.56. The number of furan rings is 1. The van der Waals surface area contributed by atoms with Crippen molar-refractivity contribution >= 4 is 26.9 Å². The first-order valence-corrected chi connectivity index (χ1v) is 6.00. The second kappa shape index (κ2) is 4.01. The van der Waals surface area contributed by atoms with Gasteiger partial charge in [-0.3, -0.25) is 0 Å². The van der Waals surface area contributed by atoms with E-state index in [9.17, 15) is 0 Å². The lowest BCUT2D eigenvalue weighted by atomic mass is 10.1. The van der Waals surface area contributed by atoms with E-state index >= 15 is 0 Å². The predicted octanol–water partition coefficient (Wildman–Crippen LogP) is 3.04. The molecule has 0 saturated carbocycles. The SMILES string of the molecule is NCc1nc(-c2coc3ccccc23)c(Br)[nH]1. The van der Waals surface area contributed by atoms with Gasteiger partial charge in [-0.05, 0) is 22.0 Å². The van der Waals surface area contributed by atoms with Gasteiger partial charge in [0.05, 0.1) is 6.54 Å². The monoisotopic (exact) mass is 291 g/mol. The summed E-state index contributed by atoms with van der Waals surface area (Å²) in [5, 5.41) is 1.04. The number of hydrogen-bond acceptors (Lipinski definition) is 3. The van der Waals surface area contributed by atoms with Crippen LogP contribution >= 0.6 is 15.9 Å². The lowest BCUT2D eigenvalue weighted by Crippen LogP contribution is -1.97. The van der Waals surface area contributed by atoms with Crippen molar-refractivity contribution in [2.75, 3.05) is 0 Å². The molecule has 3 rings (SSSR count). The van der Waals surface area contributed by atoms with Gasteiger partial charge in [0, 0.05) is 10.9 Å². The molecule has 0 amide bonds. The molecule has 3 aromatic rings. The zero-order chi connectivity index (χ0) is 11.8. The Kier molecular flexibility index (Phi) is 2.49. The van der Waals surface area contributed by atoms with E-state index in [4.69, 9.17) is 10.2 Å². The van der Waals surface area contributed by atoms with Crippen molar-refractivity contribution in [3.8, 4) is 11.3 Å². The maximum Gasteiger partial charge on any atom is 0.134 e. The Morgan fingerprint density at radius 3 is 2.94 bits per heavy atom. The van der Waals surface area contributed by atoms with Gasteiger partial charge in [0.2, 0.25) is 0 Å². The molecule has 2 heterocycles. The number of benzene rings is 1. The highest BCUT2D eigenvalue weighted by atomic mass is 79.9. The van der Waals surface area contributed by atoms with Crippen LogP contribution in [0.4, 0.5) is 0 Å². The van der Waals surface area contributed by atoms with Crippen molar-refractivity contribution < 1.29 is 4.42 Å². The van der Waals surface area contributed by atoms with Crippen LogP contribution in [0, 0.1) is 0 Å². The van der Waals surface area contributed by atoms with Crippen molar-refractivity contribution in [3.05, 3.63) is 41.0 Å². The number of para-hydroxylation sites is 1. The molecule has 0 bridgehead atoms. The smallest absolute Gasteiger partial charge is 0.134 e. The number of aromatic amines is 1. The number of hydrogen-bond donors (Lipinski definition) is 2. The number of nitrogens with two attached hydrogens (primary N) is 1. The van der Waals surface area contributed by atoms with Crippen LogP contribution in [0.3, 0.4) is 0 Å². The summed E-state index contributed by atoms with van der Waals surface area (Å²) in [5.41, 5.74) is 8.20. The number of halogens is 1. The van der Waals surface area contributed by atoms with E-state index in [1.165, 1.54) is 0 Å². The summed E-state index contributed by atoms with van der Waals surface area (Å²) in [4.78, 5) is 7.52. The van der Waals surface area contributed by atoms with E-state index < -0.39 is 0 Å². The third-order valence-corrected chi connectivity index (χ3v) is 3.21. The van der Waals surface area contributed by atoms with Gasteiger partial charge < -0.3 is 15.1 Å². The van der Waals surface area contributed by atoms with Crippen molar-refractivity contribution in [2.24, 2.45) is 5.73 Å². The van der Waals surface area contributed by atoms with Crippen LogP contribution in [0.5, 0.6) is 0 Å². The van der Waals surface area contributed by atoms with Gasteiger partial charge in [-0.2, -0.15) is 0 Å². The minimum Gasteiger partial charge on any atom is -0.464 e. The number of nitrogens with zero attached hydrogens (tertiary/aromatic N) is 1. The zero-order valence-corrected chi connectivity index (χ0v) is 10.5. The molecule has 0 unspecified atom stereocenters. The van der Waals surface area contributed by atoms with Gasteiger partial charge in [-0.25, -0.2) is 4.98 Å². The number of H-pyrrole nitrogens is 1. The van der Waals surface area contributed by atoms with Crippen LogP contribution in [0.25, 0.3) is 22.2 Å². The van der Waals surface area contributed by atoms with Gasteiger partial charge in [0.25, 0.3) is 0 Å². The third kappa shape index (κ3) is 1.67. The predicted molar refractivity (Wildman–Crippen MR) is 69.4 cm³/mol. The molecule has 1 aromatic carbocycles. The van der Waals surface area contributed by atoms with E-state index in [2.05, 4.69) is 25.9 Å². The minimum absolute atomic E-state index is 0.383. The Hall–Kier alpha value is -1.59. The second-order valence-corrected chi connectivity index (χ2v) is 4.49. The summed E-state index contributed by atoms with van der Waals surface area (Å²) < 4.78 is 6.32. The molecule has 17 heavy (non-hydrogen) atoms. The van der Waals surface area contributed by atoms with E-state index in [1.807, 2.05) is 24.3 Å². The molecule has 5 heteroatoms. The quantitative estimate of drug-likeness (QED) is 0.762. The van der Waals surface area contributed by atoms with Crippen molar-refractivity contribution in [1.29, 1.82) is 0 Å². The van der Waals surface area contributed by atoms with Crippen LogP contribution in [-0.2, 0) is 6.54 Å². The molecule has 0 atom stereocenters. The van der Waals surface area contributed by atoms with Gasteiger partial charge in [0.15, 0.2) is 0 Å². The average Bonchev–Trinajstić information content (AvgIpc) is 2.92. The number of aromatic nitrogens is 2. The summed E-state index contributed by atoms with van der Waals surface area (Å²) in [5.74, 6) is 0.747. The molecule has 4 nitrogen and oxygen atoms in total. The molecule has 0 fully saturated rings. The molecule has 0 aliphatic rings.